The Kier molecular flexibility index (Phi) is 2.96. The van der Waals surface area contributed by atoms with Gasteiger partial charge in [-0.2, -0.15) is 0 Å². The Morgan fingerprint density at radius 1 is 1.62 bits per heavy atom. The second kappa shape index (κ2) is 3.66. The third kappa shape index (κ3) is 2.21. The zero-order valence-corrected chi connectivity index (χ0v) is 8.54. The number of hydrogen-bond donors (Lipinski definition) is 1. The van der Waals surface area contributed by atoms with Gasteiger partial charge in [0, 0.05) is 7.11 Å². The monoisotopic (exact) mass is 186 g/mol. The summed E-state index contributed by atoms with van der Waals surface area (Å²) in [5.74, 6) is -0.620. The minimum atomic E-state index is -0.661. The molecule has 0 aromatic heterocycles. The van der Waals surface area contributed by atoms with Crippen molar-refractivity contribution in [3.63, 3.8) is 0 Å². The topological polar surface area (TPSA) is 46.5 Å². The summed E-state index contributed by atoms with van der Waals surface area (Å²) in [5.41, 5.74) is -0.106. The van der Waals surface area contributed by atoms with E-state index in [0.717, 1.165) is 19.3 Å². The summed E-state index contributed by atoms with van der Waals surface area (Å²) >= 11 is 0. The maximum absolute atomic E-state index is 10.8. The van der Waals surface area contributed by atoms with Gasteiger partial charge < -0.3 is 9.84 Å². The summed E-state index contributed by atoms with van der Waals surface area (Å²) in [5, 5.41) is 8.91. The molecule has 0 spiro atoms. The molecule has 3 atom stereocenters. The standard InChI is InChI=1S/C10H18O3/c1-7-6-10(2,13-3)5-4-8(7)9(11)12/h7-8H,4-6H2,1-3H3,(H,11,12). The molecular formula is C10H18O3. The molecule has 1 saturated carbocycles. The molecule has 0 radical (unpaired) electrons. The second-order valence-corrected chi connectivity index (χ2v) is 4.32. The van der Waals surface area contributed by atoms with Crippen LogP contribution in [0.15, 0.2) is 0 Å². The Morgan fingerprint density at radius 2 is 2.23 bits per heavy atom. The Labute approximate surface area is 79.1 Å². The minimum Gasteiger partial charge on any atom is -0.481 e. The Balaban J connectivity index is 2.61. The molecular weight excluding hydrogens is 168 g/mol. The van der Waals surface area contributed by atoms with Gasteiger partial charge >= 0.3 is 5.97 Å². The molecule has 3 nitrogen and oxygen atoms in total. The van der Waals surface area contributed by atoms with Crippen LogP contribution in [0.25, 0.3) is 0 Å². The predicted molar refractivity (Wildman–Crippen MR) is 49.6 cm³/mol. The van der Waals surface area contributed by atoms with Gasteiger partial charge in [-0.05, 0) is 32.1 Å². The van der Waals surface area contributed by atoms with Crippen molar-refractivity contribution in [3.8, 4) is 0 Å². The van der Waals surface area contributed by atoms with Crippen LogP contribution in [0.2, 0.25) is 0 Å². The molecule has 0 aromatic rings. The number of carbonyl (C=O) groups is 1. The lowest BCUT2D eigenvalue weighted by Gasteiger charge is -2.38. The van der Waals surface area contributed by atoms with E-state index >= 15 is 0 Å². The van der Waals surface area contributed by atoms with Gasteiger partial charge in [0.25, 0.3) is 0 Å². The van der Waals surface area contributed by atoms with Crippen LogP contribution >= 0.6 is 0 Å². The molecule has 1 fully saturated rings. The molecule has 3 unspecified atom stereocenters. The fourth-order valence-corrected chi connectivity index (χ4v) is 2.22. The number of ether oxygens (including phenoxy) is 1. The van der Waals surface area contributed by atoms with E-state index in [4.69, 9.17) is 9.84 Å². The molecule has 0 amide bonds. The average Bonchev–Trinajstić information content (AvgIpc) is 2.03. The maximum Gasteiger partial charge on any atom is 0.306 e. The van der Waals surface area contributed by atoms with Gasteiger partial charge in [-0.1, -0.05) is 6.92 Å². The van der Waals surface area contributed by atoms with Gasteiger partial charge in [-0.15, -0.1) is 0 Å². The van der Waals surface area contributed by atoms with Gasteiger partial charge in [0.15, 0.2) is 0 Å². The number of aliphatic carboxylic acids is 1. The quantitative estimate of drug-likeness (QED) is 0.716. The number of carboxylic acid groups (broad SMARTS) is 1. The van der Waals surface area contributed by atoms with Crippen molar-refractivity contribution in [3.05, 3.63) is 0 Å². The lowest BCUT2D eigenvalue weighted by molar-refractivity contribution is -0.148. The van der Waals surface area contributed by atoms with E-state index in [1.165, 1.54) is 0 Å². The van der Waals surface area contributed by atoms with Crippen molar-refractivity contribution < 1.29 is 14.6 Å². The number of rotatable bonds is 2. The first-order valence-corrected chi connectivity index (χ1v) is 4.76. The van der Waals surface area contributed by atoms with Crippen LogP contribution in [-0.2, 0) is 9.53 Å². The highest BCUT2D eigenvalue weighted by Crippen LogP contribution is 2.38. The Bertz CT molecular complexity index is 202. The van der Waals surface area contributed by atoms with E-state index in [9.17, 15) is 4.79 Å². The van der Waals surface area contributed by atoms with Crippen LogP contribution in [0, 0.1) is 11.8 Å². The summed E-state index contributed by atoms with van der Waals surface area (Å²) in [6.45, 7) is 4.05. The minimum absolute atomic E-state index is 0.106. The van der Waals surface area contributed by atoms with Gasteiger partial charge in [-0.3, -0.25) is 4.79 Å². The maximum atomic E-state index is 10.8. The number of hydrogen-bond acceptors (Lipinski definition) is 2. The number of methoxy groups -OCH3 is 1. The third-order valence-electron chi connectivity index (χ3n) is 3.23. The largest absolute Gasteiger partial charge is 0.481 e. The molecule has 13 heavy (non-hydrogen) atoms. The molecule has 1 aliphatic rings. The van der Waals surface area contributed by atoms with E-state index in [1.807, 2.05) is 6.92 Å². The third-order valence-corrected chi connectivity index (χ3v) is 3.23. The summed E-state index contributed by atoms with van der Waals surface area (Å²) < 4.78 is 5.38. The van der Waals surface area contributed by atoms with Gasteiger partial charge in [0.05, 0.1) is 11.5 Å². The first kappa shape index (κ1) is 10.5. The molecule has 1 rings (SSSR count). The van der Waals surface area contributed by atoms with Crippen molar-refractivity contribution >= 4 is 5.97 Å². The molecule has 0 aromatic carbocycles. The van der Waals surface area contributed by atoms with Gasteiger partial charge in [-0.25, -0.2) is 0 Å². The summed E-state index contributed by atoms with van der Waals surface area (Å²) in [6.07, 6.45) is 2.44. The highest BCUT2D eigenvalue weighted by Gasteiger charge is 2.38. The first-order chi connectivity index (χ1) is 5.98. The van der Waals surface area contributed by atoms with Crippen LogP contribution in [0.1, 0.15) is 33.1 Å². The van der Waals surface area contributed by atoms with Gasteiger partial charge in [0.2, 0.25) is 0 Å². The van der Waals surface area contributed by atoms with Crippen molar-refractivity contribution in [1.82, 2.24) is 0 Å². The summed E-state index contributed by atoms with van der Waals surface area (Å²) in [7, 11) is 1.70. The molecule has 0 bridgehead atoms. The van der Waals surface area contributed by atoms with E-state index in [2.05, 4.69) is 6.92 Å². The van der Waals surface area contributed by atoms with Crippen LogP contribution in [0.4, 0.5) is 0 Å². The predicted octanol–water partition coefficient (Wildman–Crippen LogP) is 1.91. The molecule has 0 saturated heterocycles. The van der Waals surface area contributed by atoms with Gasteiger partial charge in [0.1, 0.15) is 0 Å². The SMILES string of the molecule is COC1(C)CCC(C(=O)O)C(C)C1. The van der Waals surface area contributed by atoms with E-state index in [0.29, 0.717) is 0 Å². The second-order valence-electron chi connectivity index (χ2n) is 4.32. The normalized spacial score (nSPS) is 40.2. The average molecular weight is 186 g/mol. The highest BCUT2D eigenvalue weighted by atomic mass is 16.5. The van der Waals surface area contributed by atoms with Crippen LogP contribution in [-0.4, -0.2) is 23.8 Å². The summed E-state index contributed by atoms with van der Waals surface area (Å²) in [6, 6.07) is 0. The molecule has 1 N–H and O–H groups in total. The molecule has 0 heterocycles. The number of carboxylic acids is 1. The Morgan fingerprint density at radius 3 is 2.62 bits per heavy atom. The zero-order chi connectivity index (χ0) is 10.1. The summed E-state index contributed by atoms with van der Waals surface area (Å²) in [4.78, 5) is 10.8. The van der Waals surface area contributed by atoms with Crippen LogP contribution in [0.3, 0.4) is 0 Å². The molecule has 1 aliphatic carbocycles. The van der Waals surface area contributed by atoms with Crippen molar-refractivity contribution in [2.24, 2.45) is 11.8 Å². The van der Waals surface area contributed by atoms with Crippen molar-refractivity contribution in [2.75, 3.05) is 7.11 Å². The van der Waals surface area contributed by atoms with Crippen molar-refractivity contribution in [1.29, 1.82) is 0 Å². The van der Waals surface area contributed by atoms with Crippen LogP contribution < -0.4 is 0 Å². The first-order valence-electron chi connectivity index (χ1n) is 4.76. The van der Waals surface area contributed by atoms with Crippen LogP contribution in [0.5, 0.6) is 0 Å². The Hall–Kier alpha value is -0.570. The molecule has 0 aliphatic heterocycles. The molecule has 76 valence electrons. The smallest absolute Gasteiger partial charge is 0.306 e. The fraction of sp³-hybridized carbons (Fsp3) is 0.900. The van der Waals surface area contributed by atoms with Crippen molar-refractivity contribution in [2.45, 2.75) is 38.7 Å². The fourth-order valence-electron chi connectivity index (χ4n) is 2.22. The zero-order valence-electron chi connectivity index (χ0n) is 8.54. The van der Waals surface area contributed by atoms with E-state index in [1.54, 1.807) is 7.11 Å². The highest BCUT2D eigenvalue weighted by molar-refractivity contribution is 5.70. The van der Waals surface area contributed by atoms with E-state index in [-0.39, 0.29) is 17.4 Å². The lowest BCUT2D eigenvalue weighted by Crippen LogP contribution is -2.39. The molecule has 3 heteroatoms. The van der Waals surface area contributed by atoms with E-state index < -0.39 is 5.97 Å². The lowest BCUT2D eigenvalue weighted by atomic mass is 9.73.